The molecule has 0 spiro atoms. The van der Waals surface area contributed by atoms with E-state index >= 15 is 0 Å². The van der Waals surface area contributed by atoms with Crippen LogP contribution in [-0.4, -0.2) is 24.0 Å². The largest absolute Gasteiger partial charge is 0.364 e. The highest BCUT2D eigenvalue weighted by atomic mass is 35.5. The summed E-state index contributed by atoms with van der Waals surface area (Å²) < 4.78 is 52.3. The van der Waals surface area contributed by atoms with Gasteiger partial charge >= 0.3 is 5.69 Å². The fraction of sp³-hybridized carbons (Fsp3) is 0.167. The van der Waals surface area contributed by atoms with Crippen LogP contribution in [-0.2, 0) is 10.0 Å². The summed E-state index contributed by atoms with van der Waals surface area (Å²) in [6.07, 6.45) is 0.837. The van der Waals surface area contributed by atoms with Crippen molar-refractivity contribution in [2.24, 2.45) is 0 Å². The maximum atomic E-state index is 13.8. The van der Waals surface area contributed by atoms with E-state index in [9.17, 15) is 26.9 Å². The molecule has 2 aromatic rings. The zero-order valence-corrected chi connectivity index (χ0v) is 14.4. The number of nitrogens with one attached hydrogen (secondary N) is 1. The van der Waals surface area contributed by atoms with E-state index in [1.807, 2.05) is 4.72 Å². The number of benzene rings is 1. The zero-order chi connectivity index (χ0) is 18.4. The van der Waals surface area contributed by atoms with Gasteiger partial charge in [-0.15, -0.1) is 4.79 Å². The SMILES string of the molecule is Cc1c(F)c(=O)n(-c2cc(NS(C)(=O)=O)c(Cl)cc2Cl)c(=O)n1F. The number of aromatic nitrogens is 2. The number of hydrogen-bond acceptors (Lipinski definition) is 4. The highest BCUT2D eigenvalue weighted by Crippen LogP contribution is 2.31. The molecule has 1 aromatic carbocycles. The van der Waals surface area contributed by atoms with Gasteiger partial charge in [-0.3, -0.25) is 9.52 Å². The Morgan fingerprint density at radius 1 is 1.17 bits per heavy atom. The average Bonchev–Trinajstić information content (AvgIpc) is 2.46. The predicted octanol–water partition coefficient (Wildman–Crippen LogP) is 1.86. The van der Waals surface area contributed by atoms with Crippen LogP contribution in [0.25, 0.3) is 5.69 Å². The van der Waals surface area contributed by atoms with Gasteiger partial charge in [-0.25, -0.2) is 17.8 Å². The summed E-state index contributed by atoms with van der Waals surface area (Å²) in [5.74, 6) is -1.50. The van der Waals surface area contributed by atoms with Crippen molar-refractivity contribution < 1.29 is 17.3 Å². The Bertz CT molecular complexity index is 1030. The van der Waals surface area contributed by atoms with Crippen molar-refractivity contribution in [2.45, 2.75) is 6.92 Å². The Kier molecular flexibility index (Phi) is 4.75. The van der Waals surface area contributed by atoms with E-state index in [0.717, 1.165) is 25.3 Å². The third-order valence-electron chi connectivity index (χ3n) is 2.93. The Hall–Kier alpha value is -1.91. The Balaban J connectivity index is 2.87. The van der Waals surface area contributed by atoms with Gasteiger partial charge in [0.1, 0.15) is 0 Å². The maximum absolute atomic E-state index is 13.8. The van der Waals surface area contributed by atoms with Crippen LogP contribution < -0.4 is 16.0 Å². The first-order chi connectivity index (χ1) is 10.9. The third kappa shape index (κ3) is 3.30. The Labute approximate surface area is 144 Å². The van der Waals surface area contributed by atoms with Gasteiger partial charge in [0.15, 0.2) is 0 Å². The van der Waals surface area contributed by atoms with Gasteiger partial charge in [-0.1, -0.05) is 27.7 Å². The van der Waals surface area contributed by atoms with Crippen molar-refractivity contribution in [2.75, 3.05) is 11.0 Å². The lowest BCUT2D eigenvalue weighted by molar-refractivity contribution is 0.312. The third-order valence-corrected chi connectivity index (χ3v) is 4.14. The second-order valence-electron chi connectivity index (χ2n) is 4.76. The Morgan fingerprint density at radius 3 is 2.29 bits per heavy atom. The Morgan fingerprint density at radius 2 is 1.75 bits per heavy atom. The first kappa shape index (κ1) is 18.4. The van der Waals surface area contributed by atoms with E-state index in [1.54, 1.807) is 0 Å². The molecule has 0 saturated carbocycles. The van der Waals surface area contributed by atoms with E-state index in [-0.39, 0.29) is 20.3 Å². The topological polar surface area (TPSA) is 90.2 Å². The summed E-state index contributed by atoms with van der Waals surface area (Å²) >= 11 is 11.7. The predicted molar refractivity (Wildman–Crippen MR) is 86.0 cm³/mol. The molecule has 1 aromatic heterocycles. The minimum atomic E-state index is -3.75. The van der Waals surface area contributed by atoms with E-state index in [1.165, 1.54) is 0 Å². The van der Waals surface area contributed by atoms with Crippen LogP contribution in [0.2, 0.25) is 10.0 Å². The zero-order valence-electron chi connectivity index (χ0n) is 12.1. The van der Waals surface area contributed by atoms with Crippen molar-refractivity contribution in [3.05, 3.63) is 54.5 Å². The smallest absolute Gasteiger partial charge is 0.282 e. The number of nitrogens with zero attached hydrogens (tertiary/aromatic N) is 2. The summed E-state index contributed by atoms with van der Waals surface area (Å²) in [5, 5.41) is -0.433. The van der Waals surface area contributed by atoms with Crippen molar-refractivity contribution in [1.29, 1.82) is 0 Å². The fourth-order valence-corrected chi connectivity index (χ4v) is 3.00. The van der Waals surface area contributed by atoms with E-state index in [2.05, 4.69) is 0 Å². The maximum Gasteiger partial charge on any atom is 0.364 e. The lowest BCUT2D eigenvalue weighted by Gasteiger charge is -2.13. The molecule has 1 heterocycles. The van der Waals surface area contributed by atoms with Crippen molar-refractivity contribution >= 4 is 38.9 Å². The van der Waals surface area contributed by atoms with Gasteiger partial charge in [0.2, 0.25) is 15.8 Å². The molecule has 0 radical (unpaired) electrons. The van der Waals surface area contributed by atoms with Gasteiger partial charge < -0.3 is 0 Å². The number of hydrogen-bond donors (Lipinski definition) is 1. The number of halogens is 4. The van der Waals surface area contributed by atoms with Crippen molar-refractivity contribution in [3.8, 4) is 5.69 Å². The highest BCUT2D eigenvalue weighted by molar-refractivity contribution is 7.92. The van der Waals surface area contributed by atoms with Gasteiger partial charge in [0, 0.05) is 0 Å². The number of anilines is 1. The molecule has 0 amide bonds. The second-order valence-corrected chi connectivity index (χ2v) is 7.32. The summed E-state index contributed by atoms with van der Waals surface area (Å²) in [6.45, 7) is 0.905. The molecular formula is C12H9Cl2F2N3O4S. The summed E-state index contributed by atoms with van der Waals surface area (Å²) in [5.41, 5.74) is -4.42. The van der Waals surface area contributed by atoms with E-state index < -0.39 is 43.3 Å². The molecule has 0 fully saturated rings. The molecule has 0 aliphatic carbocycles. The molecular weight excluding hydrogens is 391 g/mol. The van der Waals surface area contributed by atoms with E-state index in [4.69, 9.17) is 23.2 Å². The van der Waals surface area contributed by atoms with Crippen LogP contribution >= 0.6 is 23.2 Å². The fourth-order valence-electron chi connectivity index (χ4n) is 1.86. The molecule has 2 rings (SSSR count). The van der Waals surface area contributed by atoms with Gasteiger partial charge in [-0.2, -0.15) is 4.39 Å². The van der Waals surface area contributed by atoms with Crippen LogP contribution in [0.1, 0.15) is 5.69 Å². The quantitative estimate of drug-likeness (QED) is 0.852. The lowest BCUT2D eigenvalue weighted by Crippen LogP contribution is -2.40. The minimum Gasteiger partial charge on any atom is -0.282 e. The molecule has 0 unspecified atom stereocenters. The van der Waals surface area contributed by atoms with Gasteiger partial charge in [0.25, 0.3) is 5.56 Å². The molecule has 130 valence electrons. The molecule has 0 atom stereocenters. The number of rotatable bonds is 3. The molecule has 7 nitrogen and oxygen atoms in total. The second kappa shape index (κ2) is 6.19. The summed E-state index contributed by atoms with van der Waals surface area (Å²) in [6, 6.07) is 1.95. The first-order valence-electron chi connectivity index (χ1n) is 6.11. The normalized spacial score (nSPS) is 11.6. The minimum absolute atomic E-state index is 0.133. The van der Waals surface area contributed by atoms with Crippen LogP contribution in [0.15, 0.2) is 21.7 Å². The standard InChI is InChI=1S/C12H9Cl2F2N3O4S/c1-5-10(15)11(20)18(12(21)19(5)16)9-4-8(17-24(2,22)23)6(13)3-7(9)14/h3-4,17H,1-2H3. The molecule has 1 N–H and O–H groups in total. The first-order valence-corrected chi connectivity index (χ1v) is 8.76. The van der Waals surface area contributed by atoms with Crippen LogP contribution in [0.3, 0.4) is 0 Å². The van der Waals surface area contributed by atoms with Crippen LogP contribution in [0.5, 0.6) is 0 Å². The van der Waals surface area contributed by atoms with Crippen LogP contribution in [0, 0.1) is 12.7 Å². The summed E-state index contributed by atoms with van der Waals surface area (Å²) in [4.78, 5) is 23.4. The highest BCUT2D eigenvalue weighted by Gasteiger charge is 2.21. The molecule has 12 heteroatoms. The molecule has 0 aliphatic heterocycles. The molecule has 24 heavy (non-hydrogen) atoms. The molecule has 0 saturated heterocycles. The van der Waals surface area contributed by atoms with Gasteiger partial charge in [0.05, 0.1) is 33.4 Å². The van der Waals surface area contributed by atoms with Crippen molar-refractivity contribution in [3.63, 3.8) is 0 Å². The number of sulfonamides is 1. The molecule has 0 bridgehead atoms. The van der Waals surface area contributed by atoms with Crippen LogP contribution in [0.4, 0.5) is 14.6 Å². The van der Waals surface area contributed by atoms with Crippen molar-refractivity contribution in [1.82, 2.24) is 9.36 Å². The lowest BCUT2D eigenvalue weighted by atomic mass is 10.2. The average molecular weight is 400 g/mol. The van der Waals surface area contributed by atoms with E-state index in [0.29, 0.717) is 0 Å². The van der Waals surface area contributed by atoms with Gasteiger partial charge in [-0.05, 0) is 19.1 Å². The molecule has 0 aliphatic rings. The monoisotopic (exact) mass is 399 g/mol. The summed E-state index contributed by atoms with van der Waals surface area (Å²) in [7, 11) is -3.75.